The molecule has 58 heavy (non-hydrogen) atoms. The Hall–Kier alpha value is -5.72. The van der Waals surface area contributed by atoms with Crippen LogP contribution in [-0.4, -0.2) is 0 Å². The van der Waals surface area contributed by atoms with Gasteiger partial charge in [0.05, 0.1) is 0 Å². The number of allylic oxidation sites excluding steroid dienone is 18. The summed E-state index contributed by atoms with van der Waals surface area (Å²) in [5.41, 5.74) is 26.6. The minimum absolute atomic E-state index is 0.158. The van der Waals surface area contributed by atoms with Gasteiger partial charge in [-0.1, -0.05) is 161 Å². The summed E-state index contributed by atoms with van der Waals surface area (Å²) in [6.45, 7) is 11.9. The molecule has 0 bridgehead atoms. The summed E-state index contributed by atoms with van der Waals surface area (Å²) in [5, 5.41) is 5.63. The molecule has 0 saturated heterocycles. The highest BCUT2D eigenvalue weighted by atomic mass is 14.5. The molecule has 0 heterocycles. The zero-order chi connectivity index (χ0) is 39.0. The van der Waals surface area contributed by atoms with Crippen molar-refractivity contribution < 1.29 is 0 Å². The van der Waals surface area contributed by atoms with Gasteiger partial charge in [-0.2, -0.15) is 0 Å². The van der Waals surface area contributed by atoms with Crippen molar-refractivity contribution in [3.8, 4) is 22.3 Å². The Labute approximate surface area is 343 Å². The second kappa shape index (κ2) is 12.4. The van der Waals surface area contributed by atoms with Gasteiger partial charge in [0.15, 0.2) is 0 Å². The van der Waals surface area contributed by atoms with Gasteiger partial charge in [-0.25, -0.2) is 0 Å². The van der Waals surface area contributed by atoms with Crippen molar-refractivity contribution in [3.05, 3.63) is 189 Å². The predicted octanol–water partition coefficient (Wildman–Crippen LogP) is 15.8. The molecular weight excluding hydrogens is 697 g/mol. The summed E-state index contributed by atoms with van der Waals surface area (Å²) < 4.78 is 0. The zero-order valence-electron chi connectivity index (χ0n) is 34.5. The lowest BCUT2D eigenvalue weighted by Gasteiger charge is -2.36. The van der Waals surface area contributed by atoms with Crippen LogP contribution in [0.4, 0.5) is 0 Å². The molecule has 0 spiro atoms. The molecule has 0 nitrogen and oxygen atoms in total. The lowest BCUT2D eigenvalue weighted by atomic mass is 9.67. The van der Waals surface area contributed by atoms with E-state index in [4.69, 9.17) is 0 Å². The quantitative estimate of drug-likeness (QED) is 0.161. The lowest BCUT2D eigenvalue weighted by Crippen LogP contribution is -2.22. The van der Waals surface area contributed by atoms with E-state index in [2.05, 4.69) is 168 Å². The first kappa shape index (κ1) is 34.3. The average Bonchev–Trinajstić information content (AvgIpc) is 3.74. The minimum atomic E-state index is 0.158. The number of fused-ring (bicyclic) bond motifs is 8. The van der Waals surface area contributed by atoms with Crippen molar-refractivity contribution in [1.29, 1.82) is 0 Å². The Morgan fingerprint density at radius 1 is 0.655 bits per heavy atom. The fraction of sp³-hybridized carbons (Fsp3) is 0.241. The normalized spacial score (nSPS) is 22.8. The fourth-order valence-electron chi connectivity index (χ4n) is 12.3. The van der Waals surface area contributed by atoms with E-state index in [-0.39, 0.29) is 11.3 Å². The van der Waals surface area contributed by atoms with Crippen molar-refractivity contribution in [2.75, 3.05) is 0 Å². The van der Waals surface area contributed by atoms with E-state index >= 15 is 0 Å². The topological polar surface area (TPSA) is 0 Å². The molecule has 12 rings (SSSR count). The van der Waals surface area contributed by atoms with E-state index in [1.165, 1.54) is 99.5 Å². The highest BCUT2D eigenvalue weighted by Crippen LogP contribution is 2.64. The first-order valence-electron chi connectivity index (χ1n) is 21.8. The molecule has 3 unspecified atom stereocenters. The van der Waals surface area contributed by atoms with Crippen LogP contribution in [0.1, 0.15) is 89.0 Å². The van der Waals surface area contributed by atoms with Crippen LogP contribution in [0.5, 0.6) is 0 Å². The molecule has 7 aliphatic rings. The summed E-state index contributed by atoms with van der Waals surface area (Å²) in [7, 11) is 0. The van der Waals surface area contributed by atoms with Crippen LogP contribution < -0.4 is 0 Å². The van der Waals surface area contributed by atoms with E-state index in [0.717, 1.165) is 32.1 Å². The van der Waals surface area contributed by atoms with E-state index in [1.807, 2.05) is 0 Å². The second-order valence-electron chi connectivity index (χ2n) is 19.0. The lowest BCUT2D eigenvalue weighted by molar-refractivity contribution is 0.483. The van der Waals surface area contributed by atoms with E-state index in [0.29, 0.717) is 11.8 Å². The number of hydrogen-bond acceptors (Lipinski definition) is 0. The van der Waals surface area contributed by atoms with Crippen molar-refractivity contribution >= 4 is 43.8 Å². The van der Waals surface area contributed by atoms with Crippen LogP contribution in [0.2, 0.25) is 0 Å². The summed E-state index contributed by atoms with van der Waals surface area (Å²) in [6.07, 6.45) is 25.6. The first-order valence-corrected chi connectivity index (χ1v) is 21.8. The summed E-state index contributed by atoms with van der Waals surface area (Å²) in [4.78, 5) is 0. The smallest absolute Gasteiger partial charge is 0.0206 e. The number of hydrogen-bond donors (Lipinski definition) is 0. The molecule has 5 aromatic rings. The van der Waals surface area contributed by atoms with Crippen molar-refractivity contribution in [1.82, 2.24) is 0 Å². The van der Waals surface area contributed by atoms with Gasteiger partial charge < -0.3 is 0 Å². The largest absolute Gasteiger partial charge is 0.0837 e. The molecule has 0 amide bonds. The first-order chi connectivity index (χ1) is 28.3. The standard InChI is InChI=1S/C58H50/c1-33-15-12-16-34(2)50(33)38-26-25-37-29-48-54-41(45(37)30-38)21-13-24-44(54)56-51(35-17-8-6-9-18-35)49-32-47-40-28-27-39(58(3,4)5)31-46(40)42-22-14-23-43(53(42)47)55(49)52(57(48)56)36-19-10-7-11-20-36/h6-15,17-24,29-32,34,41,54H,16,25-28H2,1-5H3. The maximum Gasteiger partial charge on any atom is 0.0206 e. The van der Waals surface area contributed by atoms with Crippen molar-refractivity contribution in [2.45, 2.75) is 66.7 Å². The van der Waals surface area contributed by atoms with Gasteiger partial charge in [-0.05, 0) is 173 Å². The van der Waals surface area contributed by atoms with Gasteiger partial charge in [0.1, 0.15) is 0 Å². The summed E-state index contributed by atoms with van der Waals surface area (Å²) >= 11 is 0. The average molecular weight is 747 g/mol. The Bertz CT molecular complexity index is 2980. The molecule has 3 atom stereocenters. The second-order valence-corrected chi connectivity index (χ2v) is 19.0. The van der Waals surface area contributed by atoms with Crippen LogP contribution in [0.15, 0.2) is 167 Å². The van der Waals surface area contributed by atoms with Gasteiger partial charge >= 0.3 is 0 Å². The van der Waals surface area contributed by atoms with Gasteiger partial charge in [0, 0.05) is 11.8 Å². The van der Waals surface area contributed by atoms with E-state index in [9.17, 15) is 0 Å². The molecular formula is C58H50. The Morgan fingerprint density at radius 2 is 1.41 bits per heavy atom. The molecule has 0 aliphatic heterocycles. The van der Waals surface area contributed by atoms with Crippen LogP contribution in [0.25, 0.3) is 66.1 Å². The third-order valence-corrected chi connectivity index (χ3v) is 14.8. The van der Waals surface area contributed by atoms with Crippen LogP contribution in [0.3, 0.4) is 0 Å². The van der Waals surface area contributed by atoms with Gasteiger partial charge in [-0.15, -0.1) is 0 Å². The van der Waals surface area contributed by atoms with Gasteiger partial charge in [-0.3, -0.25) is 0 Å². The molecule has 0 saturated carbocycles. The molecule has 0 fully saturated rings. The SMILES string of the molecule is CC1=C(C2=CC3=C(C=C4c5c(c(-c6ccccc6)c6cc7c8c(cccc8c6c5-c5ccccc5)C5=C7CCC(C(C)(C)C)=C5)C5=CC=CC3C54)CC2)C(C)CC=C1. The van der Waals surface area contributed by atoms with Crippen LogP contribution >= 0.6 is 0 Å². The van der Waals surface area contributed by atoms with Crippen molar-refractivity contribution in [3.63, 3.8) is 0 Å². The summed E-state index contributed by atoms with van der Waals surface area (Å²) in [6, 6.07) is 32.6. The molecule has 282 valence electrons. The molecule has 0 N–H and O–H groups in total. The molecule has 7 aliphatic carbocycles. The van der Waals surface area contributed by atoms with Gasteiger partial charge in [0.2, 0.25) is 0 Å². The minimum Gasteiger partial charge on any atom is -0.0837 e. The Morgan fingerprint density at radius 3 is 2.17 bits per heavy atom. The molecule has 0 heteroatoms. The van der Waals surface area contributed by atoms with Crippen LogP contribution in [0, 0.1) is 23.2 Å². The van der Waals surface area contributed by atoms with E-state index < -0.39 is 0 Å². The highest BCUT2D eigenvalue weighted by Gasteiger charge is 2.46. The third kappa shape index (κ3) is 4.75. The number of rotatable bonds is 3. The predicted molar refractivity (Wildman–Crippen MR) is 248 cm³/mol. The molecule has 5 aromatic carbocycles. The number of benzene rings is 5. The Kier molecular flexibility index (Phi) is 7.34. The highest BCUT2D eigenvalue weighted by molar-refractivity contribution is 6.30. The van der Waals surface area contributed by atoms with Crippen molar-refractivity contribution in [2.24, 2.45) is 23.2 Å². The maximum absolute atomic E-state index is 2.67. The fourth-order valence-corrected chi connectivity index (χ4v) is 12.3. The molecule has 0 aromatic heterocycles. The molecule has 0 radical (unpaired) electrons. The maximum atomic E-state index is 2.67. The van der Waals surface area contributed by atoms with Gasteiger partial charge in [0.25, 0.3) is 0 Å². The van der Waals surface area contributed by atoms with E-state index in [1.54, 1.807) is 22.3 Å². The summed E-state index contributed by atoms with van der Waals surface area (Å²) in [5.74, 6) is 1.18. The van der Waals surface area contributed by atoms with Crippen LogP contribution in [-0.2, 0) is 0 Å². The third-order valence-electron chi connectivity index (χ3n) is 14.8. The Balaban J connectivity index is 1.20. The monoisotopic (exact) mass is 746 g/mol. The zero-order valence-corrected chi connectivity index (χ0v) is 34.5.